The molecule has 1 heterocycles. The van der Waals surface area contributed by atoms with Crippen LogP contribution in [0.15, 0.2) is 52.9 Å². The van der Waals surface area contributed by atoms with E-state index in [9.17, 15) is 9.59 Å². The van der Waals surface area contributed by atoms with Gasteiger partial charge in [-0.15, -0.1) is 10.2 Å². The van der Waals surface area contributed by atoms with Crippen LogP contribution >= 0.6 is 23.1 Å². The highest BCUT2D eigenvalue weighted by atomic mass is 32.2. The number of thioether (sulfide) groups is 1. The zero-order valence-electron chi connectivity index (χ0n) is 15.4. The Hall–Kier alpha value is -2.91. The molecule has 0 atom stereocenters. The van der Waals surface area contributed by atoms with Gasteiger partial charge in [0.15, 0.2) is 4.34 Å². The van der Waals surface area contributed by atoms with Gasteiger partial charge in [0.1, 0.15) is 0 Å². The number of hydrogen-bond acceptors (Lipinski definition) is 6. The molecular formula is C19H19N5O2S2. The maximum absolute atomic E-state index is 12.2. The quantitative estimate of drug-likeness (QED) is 0.408. The zero-order valence-corrected chi connectivity index (χ0v) is 17.0. The highest BCUT2D eigenvalue weighted by Gasteiger charge is 2.11. The Morgan fingerprint density at radius 3 is 2.54 bits per heavy atom. The van der Waals surface area contributed by atoms with Gasteiger partial charge in [0.25, 0.3) is 0 Å². The van der Waals surface area contributed by atoms with Crippen LogP contribution in [0.3, 0.4) is 0 Å². The first-order chi connectivity index (χ1) is 13.5. The summed E-state index contributed by atoms with van der Waals surface area (Å²) in [5.41, 5.74) is 3.65. The minimum absolute atomic E-state index is 0.122. The van der Waals surface area contributed by atoms with Crippen LogP contribution in [-0.2, 0) is 4.79 Å². The van der Waals surface area contributed by atoms with Crippen molar-refractivity contribution in [3.8, 4) is 0 Å². The van der Waals surface area contributed by atoms with Crippen LogP contribution in [0.25, 0.3) is 0 Å². The fourth-order valence-electron chi connectivity index (χ4n) is 2.37. The van der Waals surface area contributed by atoms with Gasteiger partial charge in [-0.2, -0.15) is 0 Å². The van der Waals surface area contributed by atoms with Crippen molar-refractivity contribution < 1.29 is 9.59 Å². The monoisotopic (exact) mass is 413 g/mol. The topological polar surface area (TPSA) is 96.0 Å². The summed E-state index contributed by atoms with van der Waals surface area (Å²) in [4.78, 5) is 24.1. The molecule has 0 radical (unpaired) electrons. The molecule has 144 valence electrons. The molecule has 0 fully saturated rings. The molecule has 0 unspecified atom stereocenters. The fourth-order valence-corrected chi connectivity index (χ4v) is 3.91. The van der Waals surface area contributed by atoms with Crippen molar-refractivity contribution in [1.82, 2.24) is 10.2 Å². The van der Waals surface area contributed by atoms with E-state index >= 15 is 0 Å². The Morgan fingerprint density at radius 1 is 1.00 bits per heavy atom. The lowest BCUT2D eigenvalue weighted by Gasteiger charge is -2.08. The number of hydrogen-bond donors (Lipinski definition) is 3. The van der Waals surface area contributed by atoms with Crippen LogP contribution in [0.4, 0.5) is 21.3 Å². The van der Waals surface area contributed by atoms with Crippen molar-refractivity contribution in [1.29, 1.82) is 0 Å². The van der Waals surface area contributed by atoms with Crippen LogP contribution in [0, 0.1) is 13.8 Å². The molecule has 2 aromatic carbocycles. The summed E-state index contributed by atoms with van der Waals surface area (Å²) in [6.07, 6.45) is 0. The molecule has 0 aliphatic carbocycles. The van der Waals surface area contributed by atoms with E-state index in [0.717, 1.165) is 16.8 Å². The van der Waals surface area contributed by atoms with E-state index in [0.29, 0.717) is 15.2 Å². The largest absolute Gasteiger partial charge is 0.325 e. The number of amides is 3. The summed E-state index contributed by atoms with van der Waals surface area (Å²) in [5, 5.41) is 16.5. The van der Waals surface area contributed by atoms with Gasteiger partial charge < -0.3 is 10.6 Å². The second-order valence-electron chi connectivity index (χ2n) is 5.97. The average Bonchev–Trinajstić information content (AvgIpc) is 3.10. The number of carbonyl (C=O) groups excluding carboxylic acids is 2. The van der Waals surface area contributed by atoms with Crippen LogP contribution in [0.2, 0.25) is 0 Å². The van der Waals surface area contributed by atoms with E-state index in [1.165, 1.54) is 23.1 Å². The number of para-hydroxylation sites is 1. The van der Waals surface area contributed by atoms with Gasteiger partial charge in [-0.1, -0.05) is 59.0 Å². The number of nitrogens with one attached hydrogen (secondary N) is 3. The lowest BCUT2D eigenvalue weighted by atomic mass is 10.1. The molecule has 3 amide bonds. The minimum atomic E-state index is -0.397. The standard InChI is InChI=1S/C19H19N5O2S2/c1-12-8-9-15(13(2)10-12)21-16(25)11-27-19-24-23-18(28-19)22-17(26)20-14-6-4-3-5-7-14/h3-10H,11H2,1-2H3,(H,21,25)(H2,20,22,23,26). The summed E-state index contributed by atoms with van der Waals surface area (Å²) >= 11 is 2.48. The highest BCUT2D eigenvalue weighted by molar-refractivity contribution is 8.01. The molecule has 0 saturated carbocycles. The number of carbonyl (C=O) groups is 2. The number of urea groups is 1. The third-order valence-electron chi connectivity index (χ3n) is 3.64. The number of anilines is 3. The van der Waals surface area contributed by atoms with Gasteiger partial charge in [0.05, 0.1) is 5.75 Å². The number of rotatable bonds is 6. The van der Waals surface area contributed by atoms with Gasteiger partial charge in [-0.3, -0.25) is 10.1 Å². The van der Waals surface area contributed by atoms with E-state index in [1.54, 1.807) is 12.1 Å². The minimum Gasteiger partial charge on any atom is -0.325 e. The predicted octanol–water partition coefficient (Wildman–Crippen LogP) is 4.53. The molecule has 0 aliphatic heterocycles. The Bertz CT molecular complexity index is 975. The molecule has 3 aromatic rings. The van der Waals surface area contributed by atoms with Crippen LogP contribution in [-0.4, -0.2) is 27.9 Å². The second kappa shape index (κ2) is 9.34. The molecule has 0 aliphatic rings. The Morgan fingerprint density at radius 2 is 1.79 bits per heavy atom. The number of aromatic nitrogens is 2. The molecule has 7 nitrogen and oxygen atoms in total. The molecule has 9 heteroatoms. The van der Waals surface area contributed by atoms with Gasteiger partial charge in [0.2, 0.25) is 11.0 Å². The summed E-state index contributed by atoms with van der Waals surface area (Å²) in [5.74, 6) is 0.0847. The third kappa shape index (κ3) is 5.80. The number of nitrogens with zero attached hydrogens (tertiary/aromatic N) is 2. The smallest absolute Gasteiger partial charge is 0.325 e. The molecule has 0 spiro atoms. The highest BCUT2D eigenvalue weighted by Crippen LogP contribution is 2.26. The van der Waals surface area contributed by atoms with Crippen molar-refractivity contribution >= 4 is 51.5 Å². The van der Waals surface area contributed by atoms with Gasteiger partial charge in [-0.25, -0.2) is 4.79 Å². The first-order valence-corrected chi connectivity index (χ1v) is 10.3. The first-order valence-electron chi connectivity index (χ1n) is 8.46. The number of benzene rings is 2. The molecular weight excluding hydrogens is 394 g/mol. The Labute approximate surface area is 171 Å². The SMILES string of the molecule is Cc1ccc(NC(=O)CSc2nnc(NC(=O)Nc3ccccc3)s2)c(C)c1. The summed E-state index contributed by atoms with van der Waals surface area (Å²) < 4.78 is 0.603. The number of aryl methyl sites for hydroxylation is 2. The Balaban J connectivity index is 1.47. The van der Waals surface area contributed by atoms with E-state index in [4.69, 9.17) is 0 Å². The zero-order chi connectivity index (χ0) is 19.9. The van der Waals surface area contributed by atoms with Crippen LogP contribution in [0.1, 0.15) is 11.1 Å². The normalized spacial score (nSPS) is 10.4. The van der Waals surface area contributed by atoms with Crippen molar-refractivity contribution in [2.75, 3.05) is 21.7 Å². The fraction of sp³-hybridized carbons (Fsp3) is 0.158. The van der Waals surface area contributed by atoms with Crippen molar-refractivity contribution in [2.24, 2.45) is 0 Å². The van der Waals surface area contributed by atoms with Crippen molar-refractivity contribution in [3.05, 3.63) is 59.7 Å². The summed E-state index contributed by atoms with van der Waals surface area (Å²) in [6.45, 7) is 3.97. The van der Waals surface area contributed by atoms with Crippen LogP contribution < -0.4 is 16.0 Å². The average molecular weight is 414 g/mol. The molecule has 28 heavy (non-hydrogen) atoms. The van der Waals surface area contributed by atoms with Gasteiger partial charge in [0, 0.05) is 11.4 Å². The first kappa shape index (κ1) is 19.8. The molecule has 0 bridgehead atoms. The van der Waals surface area contributed by atoms with Crippen LogP contribution in [0.5, 0.6) is 0 Å². The van der Waals surface area contributed by atoms with Crippen molar-refractivity contribution in [3.63, 3.8) is 0 Å². The van der Waals surface area contributed by atoms with Crippen molar-refractivity contribution in [2.45, 2.75) is 18.2 Å². The van der Waals surface area contributed by atoms with Gasteiger partial charge >= 0.3 is 6.03 Å². The molecule has 0 saturated heterocycles. The van der Waals surface area contributed by atoms with Gasteiger partial charge in [-0.05, 0) is 37.6 Å². The predicted molar refractivity (Wildman–Crippen MR) is 114 cm³/mol. The second-order valence-corrected chi connectivity index (χ2v) is 8.17. The van der Waals surface area contributed by atoms with E-state index < -0.39 is 6.03 Å². The van der Waals surface area contributed by atoms with E-state index in [1.807, 2.05) is 50.2 Å². The molecule has 3 rings (SSSR count). The van der Waals surface area contributed by atoms with E-state index in [2.05, 4.69) is 26.1 Å². The summed E-state index contributed by atoms with van der Waals surface area (Å²) in [6, 6.07) is 14.6. The molecule has 1 aromatic heterocycles. The lowest BCUT2D eigenvalue weighted by molar-refractivity contribution is -0.113. The molecule has 3 N–H and O–H groups in total. The maximum Gasteiger partial charge on any atom is 0.325 e. The van der Waals surface area contributed by atoms with E-state index in [-0.39, 0.29) is 11.7 Å². The summed E-state index contributed by atoms with van der Waals surface area (Å²) in [7, 11) is 0. The Kier molecular flexibility index (Phi) is 6.62. The third-order valence-corrected chi connectivity index (χ3v) is 5.61. The maximum atomic E-state index is 12.2. The lowest BCUT2D eigenvalue weighted by Crippen LogP contribution is -2.19.